The molecule has 4 atom stereocenters. The molecule has 3 N–H and O–H groups in total. The van der Waals surface area contributed by atoms with E-state index in [0.29, 0.717) is 17.6 Å². The Morgan fingerprint density at radius 3 is 2.64 bits per heavy atom. The average Bonchev–Trinajstić information content (AvgIpc) is 2.58. The molecule has 1 aromatic rings. The van der Waals surface area contributed by atoms with Crippen LogP contribution in [0.25, 0.3) is 0 Å². The van der Waals surface area contributed by atoms with Gasteiger partial charge in [-0.15, -0.1) is 0 Å². The number of hydrogen-bond acceptors (Lipinski definition) is 4. The highest BCUT2D eigenvalue weighted by Crippen LogP contribution is 2.30. The standard InChI is InChI=1S/C19H28N2O4/c1-11-6-5-7-16(12(11)2)21-19(23)13(3)25-17-10-14(24-4)8-9-15(17)18(20)22/h8-13,16H,5-7H2,1-4H3,(H2,20,22)(H,21,23)/t11-,12-,13+,16+/m0/s1. The summed E-state index contributed by atoms with van der Waals surface area (Å²) in [5.74, 6) is 1.00. The summed E-state index contributed by atoms with van der Waals surface area (Å²) in [6.45, 7) is 6.06. The van der Waals surface area contributed by atoms with E-state index in [2.05, 4.69) is 19.2 Å². The highest BCUT2D eigenvalue weighted by molar-refractivity contribution is 5.96. The average molecular weight is 348 g/mol. The molecule has 0 aromatic heterocycles. The number of primary amides is 1. The predicted octanol–water partition coefficient (Wildman–Crippen LogP) is 2.50. The molecule has 0 saturated heterocycles. The molecule has 2 amide bonds. The quantitative estimate of drug-likeness (QED) is 0.826. The van der Waals surface area contributed by atoms with E-state index in [1.165, 1.54) is 19.6 Å². The van der Waals surface area contributed by atoms with Crippen molar-refractivity contribution in [3.63, 3.8) is 0 Å². The number of carbonyl (C=O) groups excluding carboxylic acids is 2. The van der Waals surface area contributed by atoms with Crippen molar-refractivity contribution in [1.29, 1.82) is 0 Å². The second-order valence-electron chi connectivity index (χ2n) is 6.87. The summed E-state index contributed by atoms with van der Waals surface area (Å²) >= 11 is 0. The maximum absolute atomic E-state index is 12.5. The molecule has 1 fully saturated rings. The first kappa shape index (κ1) is 19.1. The maximum atomic E-state index is 12.5. The summed E-state index contributed by atoms with van der Waals surface area (Å²) in [7, 11) is 1.52. The molecule has 1 aromatic carbocycles. The predicted molar refractivity (Wildman–Crippen MR) is 95.7 cm³/mol. The van der Waals surface area contributed by atoms with E-state index in [4.69, 9.17) is 15.2 Å². The molecule has 1 saturated carbocycles. The van der Waals surface area contributed by atoms with Crippen LogP contribution < -0.4 is 20.5 Å². The van der Waals surface area contributed by atoms with Gasteiger partial charge in [0.15, 0.2) is 6.10 Å². The number of ether oxygens (including phenoxy) is 2. The van der Waals surface area contributed by atoms with Crippen LogP contribution in [-0.4, -0.2) is 31.1 Å². The third-order valence-electron chi connectivity index (χ3n) is 5.16. The fraction of sp³-hybridized carbons (Fsp3) is 0.579. The van der Waals surface area contributed by atoms with Gasteiger partial charge in [0.25, 0.3) is 11.8 Å². The molecule has 2 rings (SSSR count). The topological polar surface area (TPSA) is 90.7 Å². The summed E-state index contributed by atoms with van der Waals surface area (Å²) in [5.41, 5.74) is 5.60. The smallest absolute Gasteiger partial charge is 0.261 e. The Morgan fingerprint density at radius 1 is 1.28 bits per heavy atom. The second-order valence-corrected chi connectivity index (χ2v) is 6.87. The van der Waals surface area contributed by atoms with Gasteiger partial charge in [0, 0.05) is 12.1 Å². The first-order chi connectivity index (χ1) is 11.8. The van der Waals surface area contributed by atoms with Gasteiger partial charge in [0.1, 0.15) is 11.5 Å². The molecule has 1 aliphatic rings. The summed E-state index contributed by atoms with van der Waals surface area (Å²) < 4.78 is 10.9. The van der Waals surface area contributed by atoms with Gasteiger partial charge in [-0.05, 0) is 37.3 Å². The molecule has 6 heteroatoms. The third-order valence-corrected chi connectivity index (χ3v) is 5.16. The van der Waals surface area contributed by atoms with Crippen LogP contribution in [0.2, 0.25) is 0 Å². The van der Waals surface area contributed by atoms with Gasteiger partial charge in [0.2, 0.25) is 0 Å². The number of nitrogens with one attached hydrogen (secondary N) is 1. The lowest BCUT2D eigenvalue weighted by atomic mass is 9.78. The number of nitrogens with two attached hydrogens (primary N) is 1. The Bertz CT molecular complexity index is 632. The van der Waals surface area contributed by atoms with E-state index >= 15 is 0 Å². The van der Waals surface area contributed by atoms with Crippen molar-refractivity contribution in [1.82, 2.24) is 5.32 Å². The van der Waals surface area contributed by atoms with Gasteiger partial charge in [-0.2, -0.15) is 0 Å². The van der Waals surface area contributed by atoms with E-state index in [9.17, 15) is 9.59 Å². The molecular formula is C19H28N2O4. The normalized spacial score (nSPS) is 24.2. The SMILES string of the molecule is COc1ccc(C(N)=O)c(O[C@H](C)C(=O)N[C@@H]2CCC[C@H](C)[C@@H]2C)c1. The van der Waals surface area contributed by atoms with E-state index < -0.39 is 12.0 Å². The summed E-state index contributed by atoms with van der Waals surface area (Å²) in [6, 6.07) is 4.88. The zero-order valence-electron chi connectivity index (χ0n) is 15.4. The number of benzene rings is 1. The van der Waals surface area contributed by atoms with E-state index in [-0.39, 0.29) is 23.3 Å². The van der Waals surface area contributed by atoms with Crippen molar-refractivity contribution in [3.05, 3.63) is 23.8 Å². The van der Waals surface area contributed by atoms with Crippen molar-refractivity contribution < 1.29 is 19.1 Å². The van der Waals surface area contributed by atoms with Gasteiger partial charge in [0.05, 0.1) is 12.7 Å². The van der Waals surface area contributed by atoms with E-state index in [1.54, 1.807) is 19.1 Å². The fourth-order valence-electron chi connectivity index (χ4n) is 3.26. The first-order valence-corrected chi connectivity index (χ1v) is 8.78. The summed E-state index contributed by atoms with van der Waals surface area (Å²) in [6.07, 6.45) is 2.56. The van der Waals surface area contributed by atoms with Crippen molar-refractivity contribution >= 4 is 11.8 Å². The van der Waals surface area contributed by atoms with Crippen LogP contribution in [-0.2, 0) is 4.79 Å². The van der Waals surface area contributed by atoms with Crippen molar-refractivity contribution in [2.75, 3.05) is 7.11 Å². The second kappa shape index (κ2) is 8.23. The first-order valence-electron chi connectivity index (χ1n) is 8.78. The zero-order valence-corrected chi connectivity index (χ0v) is 15.4. The summed E-state index contributed by atoms with van der Waals surface area (Å²) in [4.78, 5) is 24.1. The molecule has 1 aliphatic carbocycles. The van der Waals surface area contributed by atoms with Gasteiger partial charge in [-0.25, -0.2) is 0 Å². The lowest BCUT2D eigenvalue weighted by molar-refractivity contribution is -0.128. The minimum atomic E-state index is -0.741. The number of hydrogen-bond donors (Lipinski definition) is 2. The Kier molecular flexibility index (Phi) is 6.28. The molecule has 0 spiro atoms. The third kappa shape index (κ3) is 4.65. The van der Waals surface area contributed by atoms with Crippen LogP contribution in [0.5, 0.6) is 11.5 Å². The van der Waals surface area contributed by atoms with Crippen LogP contribution >= 0.6 is 0 Å². The molecule has 6 nitrogen and oxygen atoms in total. The minimum absolute atomic E-state index is 0.156. The van der Waals surface area contributed by atoms with Crippen molar-refractivity contribution in [3.8, 4) is 11.5 Å². The monoisotopic (exact) mass is 348 g/mol. The largest absolute Gasteiger partial charge is 0.497 e. The number of rotatable bonds is 6. The molecule has 0 radical (unpaired) electrons. The van der Waals surface area contributed by atoms with E-state index in [1.807, 2.05) is 0 Å². The molecular weight excluding hydrogens is 320 g/mol. The number of methoxy groups -OCH3 is 1. The lowest BCUT2D eigenvalue weighted by Gasteiger charge is -2.35. The molecule has 138 valence electrons. The van der Waals surface area contributed by atoms with Crippen LogP contribution in [0.4, 0.5) is 0 Å². The highest BCUT2D eigenvalue weighted by Gasteiger charge is 2.30. The van der Waals surface area contributed by atoms with Gasteiger partial charge in [-0.3, -0.25) is 9.59 Å². The highest BCUT2D eigenvalue weighted by atomic mass is 16.5. The van der Waals surface area contributed by atoms with E-state index in [0.717, 1.165) is 12.8 Å². The molecule has 0 unspecified atom stereocenters. The fourth-order valence-corrected chi connectivity index (χ4v) is 3.26. The Morgan fingerprint density at radius 2 is 2.00 bits per heavy atom. The Hall–Kier alpha value is -2.24. The zero-order chi connectivity index (χ0) is 18.6. The van der Waals surface area contributed by atoms with Crippen molar-refractivity contribution in [2.24, 2.45) is 17.6 Å². The van der Waals surface area contributed by atoms with Gasteiger partial charge >= 0.3 is 0 Å². The van der Waals surface area contributed by atoms with Crippen LogP contribution in [0.3, 0.4) is 0 Å². The van der Waals surface area contributed by atoms with Crippen LogP contribution in [0.15, 0.2) is 18.2 Å². The number of carbonyl (C=O) groups is 2. The molecule has 0 heterocycles. The molecule has 0 bridgehead atoms. The molecule has 0 aliphatic heterocycles. The number of amides is 2. The molecule has 25 heavy (non-hydrogen) atoms. The Labute approximate surface area is 149 Å². The minimum Gasteiger partial charge on any atom is -0.497 e. The van der Waals surface area contributed by atoms with Crippen molar-refractivity contribution in [2.45, 2.75) is 52.2 Å². The Balaban J connectivity index is 2.07. The van der Waals surface area contributed by atoms with Gasteiger partial charge < -0.3 is 20.5 Å². The van der Waals surface area contributed by atoms with Crippen LogP contribution in [0, 0.1) is 11.8 Å². The van der Waals surface area contributed by atoms with Crippen LogP contribution in [0.1, 0.15) is 50.4 Å². The maximum Gasteiger partial charge on any atom is 0.261 e. The summed E-state index contributed by atoms with van der Waals surface area (Å²) in [5, 5.41) is 3.08. The lowest BCUT2D eigenvalue weighted by Crippen LogP contribution is -2.48. The van der Waals surface area contributed by atoms with Gasteiger partial charge in [-0.1, -0.05) is 26.7 Å².